The highest BCUT2D eigenvalue weighted by Gasteiger charge is 2.03. The molecule has 1 nitrogen and oxygen atoms in total. The van der Waals surface area contributed by atoms with Gasteiger partial charge in [-0.3, -0.25) is 0 Å². The summed E-state index contributed by atoms with van der Waals surface area (Å²) in [4.78, 5) is 0. The van der Waals surface area contributed by atoms with E-state index < -0.39 is 0 Å². The second-order valence-electron chi connectivity index (χ2n) is 4.42. The Morgan fingerprint density at radius 1 is 1.05 bits per heavy atom. The summed E-state index contributed by atoms with van der Waals surface area (Å²) in [6.45, 7) is 0.773. The molecule has 2 rings (SSSR count). The normalized spacial score (nSPS) is 10.7. The van der Waals surface area contributed by atoms with E-state index in [0.29, 0.717) is 0 Å². The van der Waals surface area contributed by atoms with Crippen molar-refractivity contribution in [1.82, 2.24) is 0 Å². The molecule has 0 N–H and O–H groups in total. The van der Waals surface area contributed by atoms with Crippen molar-refractivity contribution in [3.8, 4) is 11.1 Å². The first-order chi connectivity index (χ1) is 9.20. The van der Waals surface area contributed by atoms with E-state index in [2.05, 4.69) is 12.1 Å². The van der Waals surface area contributed by atoms with Crippen LogP contribution in [-0.4, -0.2) is 13.7 Å². The molecular weight excluding hydrogens is 263 g/mol. The van der Waals surface area contributed by atoms with Gasteiger partial charge in [0.2, 0.25) is 0 Å². The number of ether oxygens (including phenoxy) is 1. The highest BCUT2D eigenvalue weighted by Crippen LogP contribution is 2.25. The molecule has 0 aliphatic carbocycles. The molecule has 19 heavy (non-hydrogen) atoms. The lowest BCUT2D eigenvalue weighted by Crippen LogP contribution is -1.92. The van der Waals surface area contributed by atoms with Gasteiger partial charge in [0.1, 0.15) is 5.82 Å². The molecule has 2 aromatic carbocycles. The maximum Gasteiger partial charge on any atom is 0.141 e. The predicted octanol–water partition coefficient (Wildman–Crippen LogP) is 4.73. The number of aryl methyl sites for hydroxylation is 1. The zero-order valence-electron chi connectivity index (χ0n) is 10.8. The van der Waals surface area contributed by atoms with Gasteiger partial charge in [0, 0.05) is 13.7 Å². The average molecular weight is 279 g/mol. The van der Waals surface area contributed by atoms with Crippen LogP contribution in [0.4, 0.5) is 4.39 Å². The Hall–Kier alpha value is -1.38. The monoisotopic (exact) mass is 278 g/mol. The molecule has 2 aromatic rings. The fourth-order valence-corrected chi connectivity index (χ4v) is 2.14. The highest BCUT2D eigenvalue weighted by molar-refractivity contribution is 6.31. The molecule has 0 aliphatic rings. The van der Waals surface area contributed by atoms with Crippen LogP contribution in [0.2, 0.25) is 5.02 Å². The van der Waals surface area contributed by atoms with Gasteiger partial charge in [-0.1, -0.05) is 41.9 Å². The summed E-state index contributed by atoms with van der Waals surface area (Å²) in [5, 5.41) is 0.154. The molecule has 0 radical (unpaired) electrons. The van der Waals surface area contributed by atoms with E-state index in [9.17, 15) is 4.39 Å². The van der Waals surface area contributed by atoms with E-state index in [1.807, 2.05) is 12.1 Å². The van der Waals surface area contributed by atoms with Crippen molar-refractivity contribution in [2.24, 2.45) is 0 Å². The fraction of sp³-hybridized carbons (Fsp3) is 0.250. The van der Waals surface area contributed by atoms with Gasteiger partial charge in [0.05, 0.1) is 5.02 Å². The van der Waals surface area contributed by atoms with Crippen LogP contribution in [0.25, 0.3) is 11.1 Å². The van der Waals surface area contributed by atoms with Crippen molar-refractivity contribution in [2.75, 3.05) is 13.7 Å². The third-order valence-electron chi connectivity index (χ3n) is 3.02. The van der Waals surface area contributed by atoms with Gasteiger partial charge in [0.15, 0.2) is 0 Å². The zero-order valence-corrected chi connectivity index (χ0v) is 11.6. The number of halogens is 2. The number of rotatable bonds is 5. The molecule has 0 unspecified atom stereocenters. The van der Waals surface area contributed by atoms with Gasteiger partial charge in [-0.15, -0.1) is 0 Å². The summed E-state index contributed by atoms with van der Waals surface area (Å²) < 4.78 is 18.1. The first-order valence-electron chi connectivity index (χ1n) is 6.24. The smallest absolute Gasteiger partial charge is 0.141 e. The Morgan fingerprint density at radius 3 is 2.37 bits per heavy atom. The molecule has 0 aromatic heterocycles. The first-order valence-corrected chi connectivity index (χ1v) is 6.62. The SMILES string of the molecule is COCCCc1ccc(-c2ccc(F)c(Cl)c2)cc1. The summed E-state index contributed by atoms with van der Waals surface area (Å²) in [7, 11) is 1.71. The van der Waals surface area contributed by atoms with Crippen molar-refractivity contribution in [1.29, 1.82) is 0 Å². The quantitative estimate of drug-likeness (QED) is 0.719. The molecule has 0 aliphatic heterocycles. The minimum atomic E-state index is -0.387. The van der Waals surface area contributed by atoms with Crippen LogP contribution in [0.15, 0.2) is 42.5 Å². The Kier molecular flexibility index (Phi) is 4.94. The number of methoxy groups -OCH3 is 1. The number of hydrogen-bond donors (Lipinski definition) is 0. The van der Waals surface area contributed by atoms with Gasteiger partial charge in [-0.25, -0.2) is 4.39 Å². The van der Waals surface area contributed by atoms with E-state index in [1.165, 1.54) is 11.6 Å². The van der Waals surface area contributed by atoms with E-state index in [-0.39, 0.29) is 10.8 Å². The highest BCUT2D eigenvalue weighted by atomic mass is 35.5. The third-order valence-corrected chi connectivity index (χ3v) is 3.31. The molecule has 0 saturated carbocycles. The molecule has 0 spiro atoms. The summed E-state index contributed by atoms with van der Waals surface area (Å²) in [6, 6.07) is 13.0. The summed E-state index contributed by atoms with van der Waals surface area (Å²) in [5.41, 5.74) is 3.24. The maximum atomic E-state index is 13.1. The summed E-state index contributed by atoms with van der Waals surface area (Å²) >= 11 is 5.79. The molecule has 0 fully saturated rings. The lowest BCUT2D eigenvalue weighted by atomic mass is 10.0. The molecule has 0 atom stereocenters. The molecule has 100 valence electrons. The summed E-state index contributed by atoms with van der Waals surface area (Å²) in [5.74, 6) is -0.387. The van der Waals surface area contributed by atoms with Crippen molar-refractivity contribution < 1.29 is 9.13 Å². The van der Waals surface area contributed by atoms with Crippen LogP contribution in [0.5, 0.6) is 0 Å². The third kappa shape index (κ3) is 3.79. The van der Waals surface area contributed by atoms with Crippen LogP contribution in [0.1, 0.15) is 12.0 Å². The second-order valence-corrected chi connectivity index (χ2v) is 4.83. The van der Waals surface area contributed by atoms with E-state index in [0.717, 1.165) is 30.6 Å². The molecule has 3 heteroatoms. The minimum Gasteiger partial charge on any atom is -0.385 e. The van der Waals surface area contributed by atoms with Crippen LogP contribution < -0.4 is 0 Å². The number of benzene rings is 2. The largest absolute Gasteiger partial charge is 0.385 e. The molecular formula is C16H16ClFO. The Balaban J connectivity index is 2.11. The maximum absolute atomic E-state index is 13.1. The van der Waals surface area contributed by atoms with E-state index in [4.69, 9.17) is 16.3 Å². The molecule has 0 heterocycles. The average Bonchev–Trinajstić information content (AvgIpc) is 2.43. The van der Waals surface area contributed by atoms with Crippen LogP contribution >= 0.6 is 11.6 Å². The molecule has 0 saturated heterocycles. The van der Waals surface area contributed by atoms with Gasteiger partial charge in [-0.2, -0.15) is 0 Å². The lowest BCUT2D eigenvalue weighted by molar-refractivity contribution is 0.195. The minimum absolute atomic E-state index is 0.154. The molecule has 0 bridgehead atoms. The Labute approximate surface area is 118 Å². The van der Waals surface area contributed by atoms with Crippen LogP contribution in [-0.2, 0) is 11.2 Å². The second kappa shape index (κ2) is 6.69. The van der Waals surface area contributed by atoms with Crippen molar-refractivity contribution >= 4 is 11.6 Å². The van der Waals surface area contributed by atoms with Crippen LogP contribution in [0.3, 0.4) is 0 Å². The van der Waals surface area contributed by atoms with Gasteiger partial charge in [0.25, 0.3) is 0 Å². The lowest BCUT2D eigenvalue weighted by Gasteiger charge is -2.05. The Morgan fingerprint density at radius 2 is 1.74 bits per heavy atom. The van der Waals surface area contributed by atoms with Gasteiger partial charge >= 0.3 is 0 Å². The van der Waals surface area contributed by atoms with Gasteiger partial charge < -0.3 is 4.74 Å². The Bertz CT molecular complexity index is 537. The zero-order chi connectivity index (χ0) is 13.7. The number of hydrogen-bond acceptors (Lipinski definition) is 1. The van der Waals surface area contributed by atoms with Crippen molar-refractivity contribution in [3.63, 3.8) is 0 Å². The fourth-order valence-electron chi connectivity index (χ4n) is 1.96. The standard InChI is InChI=1S/C16H16ClFO/c1-19-10-2-3-12-4-6-13(7-5-12)14-8-9-16(18)15(17)11-14/h4-9,11H,2-3,10H2,1H3. The summed E-state index contributed by atoms with van der Waals surface area (Å²) in [6.07, 6.45) is 2.01. The van der Waals surface area contributed by atoms with Crippen molar-refractivity contribution in [2.45, 2.75) is 12.8 Å². The predicted molar refractivity (Wildman–Crippen MR) is 77.0 cm³/mol. The molecule has 0 amide bonds. The van der Waals surface area contributed by atoms with Gasteiger partial charge in [-0.05, 0) is 41.7 Å². The first kappa shape index (κ1) is 14.0. The van der Waals surface area contributed by atoms with Crippen molar-refractivity contribution in [3.05, 3.63) is 58.9 Å². The van der Waals surface area contributed by atoms with E-state index >= 15 is 0 Å². The van der Waals surface area contributed by atoms with E-state index in [1.54, 1.807) is 19.2 Å². The topological polar surface area (TPSA) is 9.23 Å². The van der Waals surface area contributed by atoms with Crippen LogP contribution in [0, 0.1) is 5.82 Å².